The minimum absolute atomic E-state index is 0.261. The Morgan fingerprint density at radius 2 is 2.10 bits per heavy atom. The van der Waals surface area contributed by atoms with Gasteiger partial charge in [-0.25, -0.2) is 4.79 Å². The molecule has 1 atom stereocenters. The van der Waals surface area contributed by atoms with Crippen LogP contribution in [0.3, 0.4) is 0 Å². The Labute approximate surface area is 120 Å². The number of hydrogen-bond acceptors (Lipinski definition) is 6. The van der Waals surface area contributed by atoms with E-state index in [4.69, 9.17) is 4.74 Å². The highest BCUT2D eigenvalue weighted by Crippen LogP contribution is 2.08. The summed E-state index contributed by atoms with van der Waals surface area (Å²) in [6, 6.07) is 0. The normalized spacial score (nSPS) is 12.8. The largest absolute Gasteiger partial charge is 0.391 e. The van der Waals surface area contributed by atoms with Gasteiger partial charge < -0.3 is 20.1 Å². The lowest BCUT2D eigenvalue weighted by Crippen LogP contribution is -2.36. The fourth-order valence-corrected chi connectivity index (χ4v) is 2.04. The quantitative estimate of drug-likeness (QED) is 0.615. The van der Waals surface area contributed by atoms with Crippen molar-refractivity contribution in [1.82, 2.24) is 19.1 Å². The molecule has 9 heteroatoms. The summed E-state index contributed by atoms with van der Waals surface area (Å²) in [5.41, 5.74) is -0.295. The number of aryl methyl sites for hydroxylation is 1. The van der Waals surface area contributed by atoms with E-state index in [2.05, 4.69) is 15.3 Å². The minimum Gasteiger partial charge on any atom is -0.391 e. The molecular formula is C12H19N5O4. The summed E-state index contributed by atoms with van der Waals surface area (Å²) in [6.07, 6.45) is -0.0916. The molecule has 2 aromatic rings. The number of nitrogens with one attached hydrogen (secondary N) is 2. The number of nitrogens with zero attached hydrogens (tertiary/aromatic N) is 3. The zero-order valence-electron chi connectivity index (χ0n) is 12.2. The van der Waals surface area contributed by atoms with Gasteiger partial charge in [0, 0.05) is 27.7 Å². The Kier molecular flexibility index (Phi) is 4.43. The average Bonchev–Trinajstić information content (AvgIpc) is 2.87. The van der Waals surface area contributed by atoms with Crippen LogP contribution >= 0.6 is 0 Å². The number of aromatic amines is 1. The van der Waals surface area contributed by atoms with Gasteiger partial charge in [0.25, 0.3) is 5.56 Å². The summed E-state index contributed by atoms with van der Waals surface area (Å²) < 4.78 is 7.15. The molecule has 0 spiro atoms. The van der Waals surface area contributed by atoms with E-state index in [9.17, 15) is 14.7 Å². The van der Waals surface area contributed by atoms with Crippen LogP contribution in [-0.2, 0) is 18.8 Å². The van der Waals surface area contributed by atoms with E-state index in [1.165, 1.54) is 18.7 Å². The molecule has 21 heavy (non-hydrogen) atoms. The van der Waals surface area contributed by atoms with Gasteiger partial charge >= 0.3 is 5.69 Å². The molecule has 0 bridgehead atoms. The van der Waals surface area contributed by atoms with Crippen LogP contribution < -0.4 is 16.6 Å². The maximum Gasteiger partial charge on any atom is 0.332 e. The molecule has 2 rings (SSSR count). The maximum atomic E-state index is 12.0. The number of rotatable bonds is 6. The number of aliphatic hydroxyl groups is 1. The van der Waals surface area contributed by atoms with E-state index in [0.717, 1.165) is 4.57 Å². The van der Waals surface area contributed by atoms with E-state index in [0.29, 0.717) is 24.6 Å². The third-order valence-electron chi connectivity index (χ3n) is 3.22. The van der Waals surface area contributed by atoms with Gasteiger partial charge in [-0.2, -0.15) is 4.98 Å². The molecule has 2 aromatic heterocycles. The van der Waals surface area contributed by atoms with Gasteiger partial charge in [-0.1, -0.05) is 0 Å². The Morgan fingerprint density at radius 1 is 1.38 bits per heavy atom. The standard InChI is InChI=1S/C12H19N5O4/c1-16-9-8(10(19)17(2)12(16)20)14-11(15-9)13-5-4-7(18)6-21-3/h7,18H,4-6H2,1-3H3,(H2,13,14,15). The number of methoxy groups -OCH3 is 1. The van der Waals surface area contributed by atoms with Gasteiger partial charge in [0.2, 0.25) is 5.95 Å². The van der Waals surface area contributed by atoms with Gasteiger partial charge in [0.1, 0.15) is 0 Å². The van der Waals surface area contributed by atoms with Crippen LogP contribution in [0.1, 0.15) is 6.42 Å². The lowest BCUT2D eigenvalue weighted by molar-refractivity contribution is 0.0615. The zero-order chi connectivity index (χ0) is 15.6. The smallest absolute Gasteiger partial charge is 0.332 e. The first-order valence-electron chi connectivity index (χ1n) is 6.52. The van der Waals surface area contributed by atoms with Gasteiger partial charge in [-0.05, 0) is 6.42 Å². The van der Waals surface area contributed by atoms with Crippen molar-refractivity contribution in [3.8, 4) is 0 Å². The monoisotopic (exact) mass is 297 g/mol. The summed E-state index contributed by atoms with van der Waals surface area (Å²) >= 11 is 0. The summed E-state index contributed by atoms with van der Waals surface area (Å²) in [4.78, 5) is 30.8. The van der Waals surface area contributed by atoms with Gasteiger partial charge in [0.05, 0.1) is 12.7 Å². The predicted molar refractivity (Wildman–Crippen MR) is 77.6 cm³/mol. The average molecular weight is 297 g/mol. The molecule has 0 aliphatic carbocycles. The predicted octanol–water partition coefficient (Wildman–Crippen LogP) is -1.23. The van der Waals surface area contributed by atoms with Crippen LogP contribution in [0.4, 0.5) is 5.95 Å². The summed E-state index contributed by atoms with van der Waals surface area (Å²) in [7, 11) is 4.49. The number of aromatic nitrogens is 4. The number of fused-ring (bicyclic) bond motifs is 1. The zero-order valence-corrected chi connectivity index (χ0v) is 12.2. The fraction of sp³-hybridized carbons (Fsp3) is 0.583. The van der Waals surface area contributed by atoms with E-state index in [1.807, 2.05) is 0 Å². The summed E-state index contributed by atoms with van der Waals surface area (Å²) in [6.45, 7) is 0.718. The van der Waals surface area contributed by atoms with Crippen LogP contribution in [0, 0.1) is 0 Å². The SMILES string of the molecule is COCC(O)CCNc1nc2c([nH]1)c(=O)n(C)c(=O)n2C. The van der Waals surface area contributed by atoms with Crippen molar-refractivity contribution >= 4 is 17.1 Å². The van der Waals surface area contributed by atoms with Crippen LogP contribution in [0.2, 0.25) is 0 Å². The molecule has 0 aliphatic rings. The Bertz CT molecular complexity index is 744. The Balaban J connectivity index is 2.20. The van der Waals surface area contributed by atoms with Crippen molar-refractivity contribution in [2.45, 2.75) is 12.5 Å². The van der Waals surface area contributed by atoms with Crippen molar-refractivity contribution in [1.29, 1.82) is 0 Å². The molecule has 116 valence electrons. The molecule has 0 saturated heterocycles. The molecule has 0 aromatic carbocycles. The van der Waals surface area contributed by atoms with Crippen molar-refractivity contribution < 1.29 is 9.84 Å². The van der Waals surface area contributed by atoms with Crippen LogP contribution in [-0.4, -0.2) is 50.6 Å². The summed E-state index contributed by atoms with van der Waals surface area (Å²) in [5.74, 6) is 0.382. The first kappa shape index (κ1) is 15.3. The van der Waals surface area contributed by atoms with Crippen molar-refractivity contribution in [3.05, 3.63) is 20.8 Å². The van der Waals surface area contributed by atoms with Gasteiger partial charge in [-0.3, -0.25) is 13.9 Å². The number of anilines is 1. The van der Waals surface area contributed by atoms with E-state index in [-0.39, 0.29) is 12.1 Å². The lowest BCUT2D eigenvalue weighted by Gasteiger charge is -2.08. The molecule has 2 heterocycles. The lowest BCUT2D eigenvalue weighted by atomic mass is 10.3. The van der Waals surface area contributed by atoms with Crippen molar-refractivity contribution in [2.24, 2.45) is 14.1 Å². The molecule has 0 radical (unpaired) electrons. The van der Waals surface area contributed by atoms with E-state index >= 15 is 0 Å². The fourth-order valence-electron chi connectivity index (χ4n) is 2.04. The Morgan fingerprint density at radius 3 is 2.76 bits per heavy atom. The molecular weight excluding hydrogens is 278 g/mol. The third-order valence-corrected chi connectivity index (χ3v) is 3.22. The van der Waals surface area contributed by atoms with Crippen LogP contribution in [0.25, 0.3) is 11.2 Å². The van der Waals surface area contributed by atoms with Crippen LogP contribution in [0.15, 0.2) is 9.59 Å². The highest BCUT2D eigenvalue weighted by molar-refractivity contribution is 5.72. The number of H-pyrrole nitrogens is 1. The number of imidazole rings is 1. The second-order valence-electron chi connectivity index (χ2n) is 4.81. The van der Waals surface area contributed by atoms with Gasteiger partial charge in [-0.15, -0.1) is 0 Å². The van der Waals surface area contributed by atoms with Crippen LogP contribution in [0.5, 0.6) is 0 Å². The van der Waals surface area contributed by atoms with Crippen molar-refractivity contribution in [3.63, 3.8) is 0 Å². The topological polar surface area (TPSA) is 114 Å². The van der Waals surface area contributed by atoms with E-state index in [1.54, 1.807) is 7.05 Å². The second-order valence-corrected chi connectivity index (χ2v) is 4.81. The first-order valence-corrected chi connectivity index (χ1v) is 6.52. The molecule has 0 amide bonds. The molecule has 3 N–H and O–H groups in total. The highest BCUT2D eigenvalue weighted by atomic mass is 16.5. The second kappa shape index (κ2) is 6.10. The maximum absolute atomic E-state index is 12.0. The molecule has 0 saturated carbocycles. The first-order chi connectivity index (χ1) is 9.95. The van der Waals surface area contributed by atoms with Gasteiger partial charge in [0.15, 0.2) is 11.2 Å². The molecule has 0 fully saturated rings. The van der Waals surface area contributed by atoms with E-state index < -0.39 is 17.4 Å². The minimum atomic E-state index is -0.566. The number of aliphatic hydroxyl groups excluding tert-OH is 1. The summed E-state index contributed by atoms with van der Waals surface area (Å²) in [5, 5.41) is 12.5. The number of ether oxygens (including phenoxy) is 1. The Hall–Kier alpha value is -2.13. The highest BCUT2D eigenvalue weighted by Gasteiger charge is 2.13. The molecule has 9 nitrogen and oxygen atoms in total. The van der Waals surface area contributed by atoms with Crippen molar-refractivity contribution in [2.75, 3.05) is 25.6 Å². The number of hydrogen-bond donors (Lipinski definition) is 3. The molecule has 0 aliphatic heterocycles. The third kappa shape index (κ3) is 2.98. The molecule has 1 unspecified atom stereocenters.